The second kappa shape index (κ2) is 61.4. The van der Waals surface area contributed by atoms with E-state index in [1.165, 1.54) is 161 Å². The van der Waals surface area contributed by atoms with E-state index < -0.39 is 6.10 Å². The Kier molecular flexibility index (Phi) is 58.7. The Balaban J connectivity index is 4.30. The summed E-state index contributed by atoms with van der Waals surface area (Å²) in [6.45, 7) is 6.51. The van der Waals surface area contributed by atoms with Crippen LogP contribution in [0.4, 0.5) is 0 Å². The molecule has 0 aromatic rings. The average Bonchev–Trinajstić information content (AvgIpc) is 3.39. The highest BCUT2D eigenvalue weighted by Gasteiger charge is 2.19. The molecule has 0 saturated carbocycles. The molecule has 0 aromatic carbocycles. The number of hydrogen-bond acceptors (Lipinski definition) is 6. The van der Waals surface area contributed by atoms with Crippen molar-refractivity contribution in [2.24, 2.45) is 0 Å². The predicted molar refractivity (Wildman–Crippen MR) is 316 cm³/mol. The standard InChI is InChI=1S/C67H118O6/c1-4-7-10-13-16-19-22-25-28-29-30-31-32-33-34-35-36-37-40-42-45-48-51-54-57-60-66(69)72-63-64(73-67(70)61-58-55-52-49-46-43-39-27-24-21-18-15-12-9-6-3)62-71-65(68)59-56-53-50-47-44-41-38-26-23-20-17-14-11-8-5-2/h9,12,17-18,20-21,26-27,29-30,38-39,64H,4-8,10-11,13-16,19,22-25,28,31-37,40-63H2,1-3H3/b12-9-,20-17-,21-18-,30-29-,38-26-,39-27-. The lowest BCUT2D eigenvalue weighted by atomic mass is 10.0. The van der Waals surface area contributed by atoms with Gasteiger partial charge in [0.25, 0.3) is 0 Å². The number of carbonyl (C=O) groups excluding carboxylic acids is 3. The van der Waals surface area contributed by atoms with Crippen LogP contribution in [0.1, 0.15) is 316 Å². The summed E-state index contributed by atoms with van der Waals surface area (Å²) in [6, 6.07) is 0. The van der Waals surface area contributed by atoms with Gasteiger partial charge in [-0.3, -0.25) is 14.4 Å². The van der Waals surface area contributed by atoms with Crippen LogP contribution in [-0.4, -0.2) is 37.2 Å². The maximum absolute atomic E-state index is 12.9. The van der Waals surface area contributed by atoms with Crippen molar-refractivity contribution in [1.82, 2.24) is 0 Å². The Bertz CT molecular complexity index is 1360. The molecule has 0 aromatic heterocycles. The van der Waals surface area contributed by atoms with E-state index in [2.05, 4.69) is 93.7 Å². The van der Waals surface area contributed by atoms with E-state index >= 15 is 0 Å². The van der Waals surface area contributed by atoms with Crippen molar-refractivity contribution in [3.05, 3.63) is 72.9 Å². The van der Waals surface area contributed by atoms with Gasteiger partial charge in [-0.05, 0) is 109 Å². The molecular weight excluding hydrogens is 901 g/mol. The van der Waals surface area contributed by atoms with Gasteiger partial charge >= 0.3 is 17.9 Å². The molecule has 0 saturated heterocycles. The molecule has 0 spiro atoms. The highest BCUT2D eigenvalue weighted by atomic mass is 16.6. The quantitative estimate of drug-likeness (QED) is 0.0261. The van der Waals surface area contributed by atoms with Gasteiger partial charge in [-0.25, -0.2) is 0 Å². The van der Waals surface area contributed by atoms with Crippen LogP contribution in [0.2, 0.25) is 0 Å². The molecule has 1 atom stereocenters. The Hall–Kier alpha value is -3.15. The van der Waals surface area contributed by atoms with Gasteiger partial charge in [0.15, 0.2) is 6.10 Å². The zero-order valence-electron chi connectivity index (χ0n) is 48.4. The van der Waals surface area contributed by atoms with Crippen molar-refractivity contribution in [2.45, 2.75) is 322 Å². The predicted octanol–water partition coefficient (Wildman–Crippen LogP) is 21.3. The molecule has 73 heavy (non-hydrogen) atoms. The highest BCUT2D eigenvalue weighted by Crippen LogP contribution is 2.16. The molecule has 0 radical (unpaired) electrons. The third-order valence-corrected chi connectivity index (χ3v) is 13.7. The average molecular weight is 1020 g/mol. The molecule has 0 bridgehead atoms. The number of carbonyl (C=O) groups is 3. The van der Waals surface area contributed by atoms with Gasteiger partial charge in [-0.15, -0.1) is 0 Å². The lowest BCUT2D eigenvalue weighted by Gasteiger charge is -2.18. The molecular formula is C67H118O6. The molecule has 422 valence electrons. The third kappa shape index (κ3) is 59.6. The van der Waals surface area contributed by atoms with Crippen LogP contribution >= 0.6 is 0 Å². The largest absolute Gasteiger partial charge is 0.462 e. The maximum Gasteiger partial charge on any atom is 0.306 e. The van der Waals surface area contributed by atoms with Gasteiger partial charge in [0, 0.05) is 19.3 Å². The number of hydrogen-bond donors (Lipinski definition) is 0. The van der Waals surface area contributed by atoms with Crippen molar-refractivity contribution < 1.29 is 28.6 Å². The number of esters is 3. The first-order valence-corrected chi connectivity index (χ1v) is 31.4. The smallest absolute Gasteiger partial charge is 0.306 e. The molecule has 0 N–H and O–H groups in total. The Morgan fingerprint density at radius 2 is 0.534 bits per heavy atom. The van der Waals surface area contributed by atoms with Crippen LogP contribution < -0.4 is 0 Å². The Labute approximate surface area is 453 Å². The van der Waals surface area contributed by atoms with Crippen molar-refractivity contribution in [2.75, 3.05) is 13.2 Å². The number of rotatable bonds is 57. The van der Waals surface area contributed by atoms with E-state index in [1.54, 1.807) is 0 Å². The Morgan fingerprint density at radius 1 is 0.288 bits per heavy atom. The molecule has 0 aliphatic rings. The van der Waals surface area contributed by atoms with E-state index in [0.717, 1.165) is 116 Å². The van der Waals surface area contributed by atoms with E-state index in [1.807, 2.05) is 0 Å². The number of ether oxygens (including phenoxy) is 3. The topological polar surface area (TPSA) is 78.9 Å². The van der Waals surface area contributed by atoms with Crippen molar-refractivity contribution in [3.8, 4) is 0 Å². The van der Waals surface area contributed by atoms with Crippen molar-refractivity contribution in [3.63, 3.8) is 0 Å². The molecule has 0 fully saturated rings. The Morgan fingerprint density at radius 3 is 0.877 bits per heavy atom. The van der Waals surface area contributed by atoms with Crippen LogP contribution in [0.3, 0.4) is 0 Å². The van der Waals surface area contributed by atoms with E-state index in [-0.39, 0.29) is 31.1 Å². The zero-order valence-corrected chi connectivity index (χ0v) is 48.4. The van der Waals surface area contributed by atoms with Gasteiger partial charge in [0.05, 0.1) is 0 Å². The first kappa shape index (κ1) is 69.8. The number of allylic oxidation sites excluding steroid dienone is 12. The summed E-state index contributed by atoms with van der Waals surface area (Å²) in [7, 11) is 0. The molecule has 1 unspecified atom stereocenters. The van der Waals surface area contributed by atoms with E-state index in [0.29, 0.717) is 19.3 Å². The summed E-state index contributed by atoms with van der Waals surface area (Å²) >= 11 is 0. The van der Waals surface area contributed by atoms with Gasteiger partial charge in [0.2, 0.25) is 0 Å². The molecule has 6 heteroatoms. The SMILES string of the molecule is CC/C=C\C/C=C\C/C=C\CCCCCCCC(=O)OC(COC(=O)CCCCCCC/C=C\C/C=C\CCCCC)COC(=O)CCCCCCCCCCCCCCC/C=C\CCCCCCCCCC. The second-order valence-corrected chi connectivity index (χ2v) is 20.9. The highest BCUT2D eigenvalue weighted by molar-refractivity contribution is 5.71. The second-order valence-electron chi connectivity index (χ2n) is 20.9. The molecule has 0 heterocycles. The minimum Gasteiger partial charge on any atom is -0.462 e. The van der Waals surface area contributed by atoms with E-state index in [4.69, 9.17) is 14.2 Å². The fourth-order valence-electron chi connectivity index (χ4n) is 8.95. The molecule has 0 aliphatic heterocycles. The van der Waals surface area contributed by atoms with Gasteiger partial charge in [0.1, 0.15) is 13.2 Å². The summed E-state index contributed by atoms with van der Waals surface area (Å²) < 4.78 is 16.9. The molecule has 6 nitrogen and oxygen atoms in total. The third-order valence-electron chi connectivity index (χ3n) is 13.7. The lowest BCUT2D eigenvalue weighted by molar-refractivity contribution is -0.167. The van der Waals surface area contributed by atoms with E-state index in [9.17, 15) is 14.4 Å². The monoisotopic (exact) mass is 1020 g/mol. The lowest BCUT2D eigenvalue weighted by Crippen LogP contribution is -2.30. The van der Waals surface area contributed by atoms with Crippen molar-refractivity contribution >= 4 is 17.9 Å². The van der Waals surface area contributed by atoms with Crippen LogP contribution in [0.25, 0.3) is 0 Å². The summed E-state index contributed by atoms with van der Waals surface area (Å²) in [6.07, 6.45) is 79.1. The maximum atomic E-state index is 12.9. The van der Waals surface area contributed by atoms with Gasteiger partial charge in [-0.2, -0.15) is 0 Å². The summed E-state index contributed by atoms with van der Waals surface area (Å²) in [4.78, 5) is 38.2. The minimum atomic E-state index is -0.791. The van der Waals surface area contributed by atoms with Gasteiger partial charge < -0.3 is 14.2 Å². The fraction of sp³-hybridized carbons (Fsp3) is 0.776. The first-order chi connectivity index (χ1) is 36.0. The molecule has 0 amide bonds. The summed E-state index contributed by atoms with van der Waals surface area (Å²) in [5, 5.41) is 0. The van der Waals surface area contributed by atoms with Crippen LogP contribution in [0, 0.1) is 0 Å². The van der Waals surface area contributed by atoms with Crippen LogP contribution in [0.5, 0.6) is 0 Å². The number of unbranched alkanes of at least 4 members (excludes halogenated alkanes) is 34. The normalized spacial score (nSPS) is 12.5. The zero-order chi connectivity index (χ0) is 52.9. The van der Waals surface area contributed by atoms with Crippen LogP contribution in [-0.2, 0) is 28.6 Å². The van der Waals surface area contributed by atoms with Crippen LogP contribution in [0.15, 0.2) is 72.9 Å². The summed E-state index contributed by atoms with van der Waals surface area (Å²) in [5.41, 5.74) is 0. The molecule has 0 aliphatic carbocycles. The fourth-order valence-corrected chi connectivity index (χ4v) is 8.95. The first-order valence-electron chi connectivity index (χ1n) is 31.4. The summed E-state index contributed by atoms with van der Waals surface area (Å²) in [5.74, 6) is -0.906. The van der Waals surface area contributed by atoms with Crippen molar-refractivity contribution in [1.29, 1.82) is 0 Å². The van der Waals surface area contributed by atoms with Gasteiger partial charge in [-0.1, -0.05) is 261 Å². The molecule has 0 rings (SSSR count). The minimum absolute atomic E-state index is 0.0858.